The zero-order chi connectivity index (χ0) is 15.1. The van der Waals surface area contributed by atoms with Gasteiger partial charge in [0.15, 0.2) is 0 Å². The number of rotatable bonds is 4. The monoisotopic (exact) mass is 279 g/mol. The van der Waals surface area contributed by atoms with E-state index in [1.54, 1.807) is 37.5 Å². The second-order valence-electron chi connectivity index (χ2n) is 4.19. The molecule has 0 spiro atoms. The average molecular weight is 279 g/mol. The molecule has 0 N–H and O–H groups in total. The highest BCUT2D eigenvalue weighted by Gasteiger charge is 2.10. The number of methoxy groups -OCH3 is 1. The molecule has 2 rings (SSSR count). The fraction of sp³-hybridized carbons (Fsp3) is 0.0625. The Labute approximate surface area is 122 Å². The highest BCUT2D eigenvalue weighted by Crippen LogP contribution is 2.21. The van der Waals surface area contributed by atoms with Crippen LogP contribution >= 0.6 is 0 Å². The normalized spacial score (nSPS) is 10.6. The summed E-state index contributed by atoms with van der Waals surface area (Å²) in [6.45, 7) is 0. The van der Waals surface area contributed by atoms with Gasteiger partial charge in [0.2, 0.25) is 5.91 Å². The van der Waals surface area contributed by atoms with Crippen LogP contribution in [0.2, 0.25) is 0 Å². The minimum absolute atomic E-state index is 0.346. The molecule has 0 saturated carbocycles. The van der Waals surface area contributed by atoms with Gasteiger partial charge in [0.05, 0.1) is 7.11 Å². The number of nitrogens with zero attached hydrogens (tertiary/aromatic N) is 3. The summed E-state index contributed by atoms with van der Waals surface area (Å²) in [5.41, 5.74) is 10.3. The molecule has 0 unspecified atom stereocenters. The molecule has 2 aromatic carbocycles. The summed E-state index contributed by atoms with van der Waals surface area (Å²) in [5.74, 6) is 0.120. The highest BCUT2D eigenvalue weighted by atomic mass is 16.5. The Morgan fingerprint density at radius 2 is 1.81 bits per heavy atom. The molecule has 0 aliphatic carbocycles. The maximum absolute atomic E-state index is 12.0. The number of benzene rings is 2. The van der Waals surface area contributed by atoms with Crippen molar-refractivity contribution in [3.63, 3.8) is 0 Å². The molecule has 0 saturated heterocycles. The number of hydrogen-bond donors (Lipinski definition) is 0. The number of amides is 1. The molecular formula is C16H13N3O2. The first-order valence-corrected chi connectivity index (χ1v) is 6.25. The largest absolute Gasteiger partial charge is 0.497 e. The molecule has 0 heterocycles. The number of azide groups is 1. The third-order valence-corrected chi connectivity index (χ3v) is 2.88. The quantitative estimate of drug-likeness (QED) is 0.278. The van der Waals surface area contributed by atoms with E-state index in [0.717, 1.165) is 11.3 Å². The van der Waals surface area contributed by atoms with E-state index in [2.05, 4.69) is 10.0 Å². The molecule has 0 aromatic heterocycles. The van der Waals surface area contributed by atoms with Gasteiger partial charge in [-0.3, -0.25) is 4.79 Å². The van der Waals surface area contributed by atoms with Gasteiger partial charge in [-0.05, 0) is 40.0 Å². The van der Waals surface area contributed by atoms with E-state index in [1.165, 1.54) is 0 Å². The van der Waals surface area contributed by atoms with Crippen LogP contribution in [0.1, 0.15) is 11.1 Å². The van der Waals surface area contributed by atoms with Crippen LogP contribution in [0.3, 0.4) is 0 Å². The fourth-order valence-corrected chi connectivity index (χ4v) is 1.85. The molecule has 104 valence electrons. The molecule has 0 atom stereocenters. The van der Waals surface area contributed by atoms with E-state index >= 15 is 0 Å². The van der Waals surface area contributed by atoms with Crippen LogP contribution in [0.15, 0.2) is 59.7 Å². The predicted octanol–water partition coefficient (Wildman–Crippen LogP) is 4.07. The lowest BCUT2D eigenvalue weighted by Crippen LogP contribution is -1.97. The van der Waals surface area contributed by atoms with Crippen molar-refractivity contribution in [1.82, 2.24) is 0 Å². The van der Waals surface area contributed by atoms with Gasteiger partial charge in [0.1, 0.15) is 5.75 Å². The molecular weight excluding hydrogens is 266 g/mol. The van der Waals surface area contributed by atoms with E-state index in [-0.39, 0.29) is 0 Å². The SMILES string of the molecule is COc1ccc(/C=C(/C(=O)N=[N+]=[N-])c2ccccc2)cc1. The van der Waals surface area contributed by atoms with Gasteiger partial charge >= 0.3 is 0 Å². The fourth-order valence-electron chi connectivity index (χ4n) is 1.85. The van der Waals surface area contributed by atoms with Crippen molar-refractivity contribution in [3.05, 3.63) is 76.2 Å². The lowest BCUT2D eigenvalue weighted by molar-refractivity contribution is -0.112. The lowest BCUT2D eigenvalue weighted by atomic mass is 10.0. The zero-order valence-electron chi connectivity index (χ0n) is 11.4. The van der Waals surface area contributed by atoms with Crippen molar-refractivity contribution in [2.45, 2.75) is 0 Å². The first kappa shape index (κ1) is 14.4. The number of hydrogen-bond acceptors (Lipinski definition) is 2. The first-order chi connectivity index (χ1) is 10.2. The Morgan fingerprint density at radius 1 is 1.14 bits per heavy atom. The summed E-state index contributed by atoms with van der Waals surface area (Å²) >= 11 is 0. The van der Waals surface area contributed by atoms with Crippen molar-refractivity contribution in [3.8, 4) is 5.75 Å². The molecule has 0 aliphatic heterocycles. The van der Waals surface area contributed by atoms with Crippen LogP contribution in [-0.4, -0.2) is 13.0 Å². The summed E-state index contributed by atoms with van der Waals surface area (Å²) in [4.78, 5) is 14.5. The molecule has 5 heteroatoms. The van der Waals surface area contributed by atoms with E-state index in [9.17, 15) is 4.79 Å². The molecule has 0 radical (unpaired) electrons. The molecule has 2 aromatic rings. The second kappa shape index (κ2) is 6.93. The topological polar surface area (TPSA) is 75.1 Å². The summed E-state index contributed by atoms with van der Waals surface area (Å²) in [6, 6.07) is 16.3. The van der Waals surface area contributed by atoms with Crippen LogP contribution in [0.5, 0.6) is 5.75 Å². The Kier molecular flexibility index (Phi) is 4.75. The van der Waals surface area contributed by atoms with Gasteiger partial charge in [-0.15, -0.1) is 0 Å². The molecule has 1 amide bonds. The Bertz CT molecular complexity index is 700. The Hall–Kier alpha value is -3.04. The number of ether oxygens (including phenoxy) is 1. The third-order valence-electron chi connectivity index (χ3n) is 2.88. The summed E-state index contributed by atoms with van der Waals surface area (Å²) < 4.78 is 5.09. The molecule has 5 nitrogen and oxygen atoms in total. The van der Waals surface area contributed by atoms with Gasteiger partial charge in [0, 0.05) is 10.5 Å². The summed E-state index contributed by atoms with van der Waals surface area (Å²) in [6.07, 6.45) is 1.69. The van der Waals surface area contributed by atoms with Gasteiger partial charge in [-0.25, -0.2) is 0 Å². The van der Waals surface area contributed by atoms with Gasteiger partial charge < -0.3 is 4.74 Å². The number of carbonyl (C=O) groups is 1. The number of carbonyl (C=O) groups excluding carboxylic acids is 1. The van der Waals surface area contributed by atoms with Crippen molar-refractivity contribution < 1.29 is 9.53 Å². The van der Waals surface area contributed by atoms with Crippen molar-refractivity contribution in [2.75, 3.05) is 7.11 Å². The van der Waals surface area contributed by atoms with E-state index < -0.39 is 5.91 Å². The minimum atomic E-state index is -0.612. The van der Waals surface area contributed by atoms with Crippen LogP contribution in [-0.2, 0) is 4.79 Å². The smallest absolute Gasteiger partial charge is 0.249 e. The molecule has 21 heavy (non-hydrogen) atoms. The lowest BCUT2D eigenvalue weighted by Gasteiger charge is -2.05. The van der Waals surface area contributed by atoms with E-state index in [1.807, 2.05) is 30.3 Å². The van der Waals surface area contributed by atoms with E-state index in [4.69, 9.17) is 10.3 Å². The summed E-state index contributed by atoms with van der Waals surface area (Å²) in [5, 5.41) is 3.18. The van der Waals surface area contributed by atoms with Crippen molar-refractivity contribution >= 4 is 17.6 Å². The van der Waals surface area contributed by atoms with Crippen LogP contribution in [0.4, 0.5) is 0 Å². The highest BCUT2D eigenvalue weighted by molar-refractivity contribution is 6.24. The van der Waals surface area contributed by atoms with Crippen LogP contribution in [0, 0.1) is 0 Å². The van der Waals surface area contributed by atoms with Gasteiger partial charge in [-0.1, -0.05) is 42.5 Å². The first-order valence-electron chi connectivity index (χ1n) is 6.25. The average Bonchev–Trinajstić information content (AvgIpc) is 2.54. The molecule has 0 fully saturated rings. The van der Waals surface area contributed by atoms with Gasteiger partial charge in [-0.2, -0.15) is 0 Å². The summed E-state index contributed by atoms with van der Waals surface area (Å²) in [7, 11) is 1.59. The van der Waals surface area contributed by atoms with E-state index in [0.29, 0.717) is 11.1 Å². The van der Waals surface area contributed by atoms with Crippen molar-refractivity contribution in [1.29, 1.82) is 0 Å². The Balaban J connectivity index is 2.45. The molecule has 0 bridgehead atoms. The Morgan fingerprint density at radius 3 is 2.38 bits per heavy atom. The second-order valence-corrected chi connectivity index (χ2v) is 4.19. The van der Waals surface area contributed by atoms with Crippen LogP contribution < -0.4 is 4.74 Å². The maximum Gasteiger partial charge on any atom is 0.249 e. The third kappa shape index (κ3) is 3.72. The van der Waals surface area contributed by atoms with Gasteiger partial charge in [0.25, 0.3) is 0 Å². The van der Waals surface area contributed by atoms with Crippen LogP contribution in [0.25, 0.3) is 22.1 Å². The molecule has 0 aliphatic rings. The predicted molar refractivity (Wildman–Crippen MR) is 81.5 cm³/mol. The van der Waals surface area contributed by atoms with Crippen molar-refractivity contribution in [2.24, 2.45) is 5.11 Å². The standard InChI is InChI=1S/C16H13N3O2/c1-21-14-9-7-12(8-10-14)11-15(16(20)18-19-17)13-5-3-2-4-6-13/h2-11H,1H3/b15-11+. The minimum Gasteiger partial charge on any atom is -0.497 e. The zero-order valence-corrected chi connectivity index (χ0v) is 11.4. The maximum atomic E-state index is 12.0.